The summed E-state index contributed by atoms with van der Waals surface area (Å²) in [5.41, 5.74) is 0.456. The molecular formula is C19H13ClF3N3O. The van der Waals surface area contributed by atoms with Gasteiger partial charge in [-0.05, 0) is 29.8 Å². The van der Waals surface area contributed by atoms with Crippen molar-refractivity contribution in [3.8, 4) is 5.69 Å². The predicted octanol–water partition coefficient (Wildman–Crippen LogP) is 5.02. The molecule has 1 aliphatic heterocycles. The molecule has 0 saturated heterocycles. The predicted molar refractivity (Wildman–Crippen MR) is 95.1 cm³/mol. The van der Waals surface area contributed by atoms with E-state index in [1.807, 2.05) is 0 Å². The number of benzene rings is 2. The van der Waals surface area contributed by atoms with E-state index < -0.39 is 17.7 Å². The molecule has 0 radical (unpaired) electrons. The average molecular weight is 392 g/mol. The topological polar surface area (TPSA) is 46.9 Å². The fourth-order valence-electron chi connectivity index (χ4n) is 3.36. The molecular weight excluding hydrogens is 379 g/mol. The molecule has 0 bridgehead atoms. The highest BCUT2D eigenvalue weighted by molar-refractivity contribution is 6.30. The minimum atomic E-state index is -4.51. The first-order valence-corrected chi connectivity index (χ1v) is 8.52. The van der Waals surface area contributed by atoms with Crippen LogP contribution in [-0.2, 0) is 11.0 Å². The van der Waals surface area contributed by atoms with Crippen LogP contribution in [0.4, 0.5) is 19.0 Å². The van der Waals surface area contributed by atoms with E-state index in [1.165, 1.54) is 29.1 Å². The summed E-state index contributed by atoms with van der Waals surface area (Å²) in [6, 6.07) is 12.2. The van der Waals surface area contributed by atoms with E-state index in [2.05, 4.69) is 10.4 Å². The van der Waals surface area contributed by atoms with Crippen molar-refractivity contribution in [3.05, 3.63) is 76.4 Å². The molecule has 4 nitrogen and oxygen atoms in total. The van der Waals surface area contributed by atoms with E-state index >= 15 is 0 Å². The molecule has 3 aromatic rings. The van der Waals surface area contributed by atoms with Crippen LogP contribution in [0, 0.1) is 0 Å². The van der Waals surface area contributed by atoms with Crippen molar-refractivity contribution in [1.29, 1.82) is 0 Å². The quantitative estimate of drug-likeness (QED) is 0.666. The summed E-state index contributed by atoms with van der Waals surface area (Å²) in [5, 5.41) is 7.48. The molecule has 0 spiro atoms. The van der Waals surface area contributed by atoms with Crippen molar-refractivity contribution in [3.63, 3.8) is 0 Å². The van der Waals surface area contributed by atoms with Crippen molar-refractivity contribution in [2.24, 2.45) is 0 Å². The summed E-state index contributed by atoms with van der Waals surface area (Å²) in [6.45, 7) is 0. The third kappa shape index (κ3) is 3.19. The van der Waals surface area contributed by atoms with Crippen LogP contribution in [-0.4, -0.2) is 15.7 Å². The highest BCUT2D eigenvalue weighted by Gasteiger charge is 2.38. The number of aromatic nitrogens is 2. The Morgan fingerprint density at radius 3 is 2.63 bits per heavy atom. The average Bonchev–Trinajstić information content (AvgIpc) is 3.04. The molecule has 0 aliphatic carbocycles. The van der Waals surface area contributed by atoms with Crippen LogP contribution in [0.1, 0.15) is 29.0 Å². The summed E-state index contributed by atoms with van der Waals surface area (Å²) in [5.74, 6) is -0.747. The van der Waals surface area contributed by atoms with Crippen molar-refractivity contribution in [1.82, 2.24) is 9.78 Å². The molecule has 8 heteroatoms. The van der Waals surface area contributed by atoms with Crippen LogP contribution in [0.5, 0.6) is 0 Å². The Kier molecular flexibility index (Phi) is 4.19. The van der Waals surface area contributed by atoms with Crippen LogP contribution in [0.3, 0.4) is 0 Å². The lowest BCUT2D eigenvalue weighted by atomic mass is 9.84. The number of halogens is 4. The molecule has 1 atom stereocenters. The minimum Gasteiger partial charge on any atom is -0.310 e. The summed E-state index contributed by atoms with van der Waals surface area (Å²) in [7, 11) is 0. The van der Waals surface area contributed by atoms with E-state index in [9.17, 15) is 18.0 Å². The van der Waals surface area contributed by atoms with E-state index in [1.54, 1.807) is 24.3 Å². The molecule has 1 N–H and O–H groups in total. The number of carbonyl (C=O) groups is 1. The number of nitrogens with zero attached hydrogens (tertiary/aromatic N) is 2. The fraction of sp³-hybridized carbons (Fsp3) is 0.158. The third-order valence-corrected chi connectivity index (χ3v) is 4.75. The maximum Gasteiger partial charge on any atom is 0.416 e. The second-order valence-electron chi connectivity index (χ2n) is 6.23. The van der Waals surface area contributed by atoms with Gasteiger partial charge in [0.05, 0.1) is 17.4 Å². The molecule has 2 aromatic carbocycles. The van der Waals surface area contributed by atoms with Gasteiger partial charge >= 0.3 is 6.18 Å². The zero-order valence-corrected chi connectivity index (χ0v) is 14.6. The van der Waals surface area contributed by atoms with Gasteiger partial charge in [-0.3, -0.25) is 4.79 Å². The standard InChI is InChI=1S/C19H13ClF3N3O/c20-11-4-3-5-12(8-11)26-18-15(10-24-26)14(9-17(27)25-18)13-6-1-2-7-16(13)19(21,22)23/h1-8,10,14H,9H2,(H,25,27)/t14-/m0/s1. The van der Waals surface area contributed by atoms with Gasteiger partial charge < -0.3 is 5.32 Å². The molecule has 27 heavy (non-hydrogen) atoms. The van der Waals surface area contributed by atoms with E-state index in [0.29, 0.717) is 22.1 Å². The van der Waals surface area contributed by atoms with Crippen molar-refractivity contribution in [2.75, 3.05) is 5.32 Å². The number of rotatable bonds is 2. The summed E-state index contributed by atoms with van der Waals surface area (Å²) in [6.07, 6.45) is -3.09. The Morgan fingerprint density at radius 2 is 1.89 bits per heavy atom. The Labute approximate surface area is 157 Å². The van der Waals surface area contributed by atoms with Crippen LogP contribution in [0.15, 0.2) is 54.7 Å². The molecule has 1 aromatic heterocycles. The smallest absolute Gasteiger partial charge is 0.310 e. The monoisotopic (exact) mass is 391 g/mol. The van der Waals surface area contributed by atoms with Gasteiger partial charge in [0.2, 0.25) is 5.91 Å². The second-order valence-corrected chi connectivity index (χ2v) is 6.67. The molecule has 1 aliphatic rings. The second kappa shape index (κ2) is 6.42. The fourth-order valence-corrected chi connectivity index (χ4v) is 3.54. The van der Waals surface area contributed by atoms with Crippen LogP contribution < -0.4 is 5.32 Å². The van der Waals surface area contributed by atoms with Crippen molar-refractivity contribution >= 4 is 23.3 Å². The normalized spacial score (nSPS) is 16.7. The molecule has 138 valence electrons. The number of amides is 1. The zero-order chi connectivity index (χ0) is 19.2. The van der Waals surface area contributed by atoms with Gasteiger partial charge in [0.25, 0.3) is 0 Å². The summed E-state index contributed by atoms with van der Waals surface area (Å²) >= 11 is 6.02. The number of anilines is 1. The highest BCUT2D eigenvalue weighted by Crippen LogP contribution is 2.43. The molecule has 2 heterocycles. The van der Waals surface area contributed by atoms with Gasteiger partial charge in [0.1, 0.15) is 5.82 Å². The molecule has 4 rings (SSSR count). The lowest BCUT2D eigenvalue weighted by molar-refractivity contribution is -0.138. The zero-order valence-electron chi connectivity index (χ0n) is 13.8. The van der Waals surface area contributed by atoms with Crippen LogP contribution in [0.2, 0.25) is 5.02 Å². The molecule has 0 saturated carbocycles. The highest BCUT2D eigenvalue weighted by atomic mass is 35.5. The number of hydrogen-bond donors (Lipinski definition) is 1. The number of carbonyl (C=O) groups excluding carboxylic acids is 1. The summed E-state index contributed by atoms with van der Waals surface area (Å²) in [4.78, 5) is 12.3. The SMILES string of the molecule is O=C1C[C@@H](c2ccccc2C(F)(F)F)c2cnn(-c3cccc(Cl)c3)c2N1. The van der Waals surface area contributed by atoms with Gasteiger partial charge in [-0.15, -0.1) is 0 Å². The van der Waals surface area contributed by atoms with E-state index in [0.717, 1.165) is 6.07 Å². The molecule has 0 fully saturated rings. The van der Waals surface area contributed by atoms with Gasteiger partial charge in [-0.1, -0.05) is 35.9 Å². The van der Waals surface area contributed by atoms with Crippen molar-refractivity contribution in [2.45, 2.75) is 18.5 Å². The van der Waals surface area contributed by atoms with Gasteiger partial charge in [0.15, 0.2) is 0 Å². The first kappa shape index (κ1) is 17.6. The van der Waals surface area contributed by atoms with Gasteiger partial charge in [-0.2, -0.15) is 18.3 Å². The molecule has 0 unspecified atom stereocenters. The Morgan fingerprint density at radius 1 is 1.11 bits per heavy atom. The first-order valence-electron chi connectivity index (χ1n) is 8.14. The van der Waals surface area contributed by atoms with Crippen molar-refractivity contribution < 1.29 is 18.0 Å². The largest absolute Gasteiger partial charge is 0.416 e. The van der Waals surface area contributed by atoms with Gasteiger partial charge in [0, 0.05) is 22.9 Å². The Bertz CT molecular complexity index is 1030. The molecule has 1 amide bonds. The van der Waals surface area contributed by atoms with Crippen LogP contribution >= 0.6 is 11.6 Å². The lowest BCUT2D eigenvalue weighted by Crippen LogP contribution is -2.26. The third-order valence-electron chi connectivity index (χ3n) is 4.51. The lowest BCUT2D eigenvalue weighted by Gasteiger charge is -2.26. The van der Waals surface area contributed by atoms with E-state index in [4.69, 9.17) is 11.6 Å². The summed E-state index contributed by atoms with van der Waals surface area (Å²) < 4.78 is 41.8. The Hall–Kier alpha value is -2.80. The maximum atomic E-state index is 13.5. The van der Waals surface area contributed by atoms with E-state index in [-0.39, 0.29) is 17.9 Å². The number of alkyl halides is 3. The number of fused-ring (bicyclic) bond motifs is 1. The van der Waals surface area contributed by atoms with Gasteiger partial charge in [-0.25, -0.2) is 4.68 Å². The van der Waals surface area contributed by atoms with Crippen LogP contribution in [0.25, 0.3) is 5.69 Å². The maximum absolute atomic E-state index is 13.5. The number of nitrogens with one attached hydrogen (secondary N) is 1. The first-order chi connectivity index (χ1) is 12.8. The number of hydrogen-bond acceptors (Lipinski definition) is 2. The Balaban J connectivity index is 1.86. The minimum absolute atomic E-state index is 0.0618.